The number of aliphatic hydroxyl groups is 1. The summed E-state index contributed by atoms with van der Waals surface area (Å²) in [6, 6.07) is 0. The Morgan fingerprint density at radius 3 is 1.45 bits per heavy atom. The summed E-state index contributed by atoms with van der Waals surface area (Å²) < 4.78 is 31.1. The van der Waals surface area contributed by atoms with Gasteiger partial charge in [-0.3, -0.25) is 38.4 Å². The van der Waals surface area contributed by atoms with Gasteiger partial charge in [0.05, 0.1) is 62.0 Å². The maximum Gasteiger partial charge on any atom is 0.317 e. The molecule has 15 aliphatic carbocycles. The number of esters is 3. The molecule has 0 radical (unpaired) electrons. The molecule has 0 aromatic rings. The average molecular weight is 1290 g/mol. The minimum atomic E-state index is -1.10. The lowest BCUT2D eigenvalue weighted by atomic mass is 9.50. The van der Waals surface area contributed by atoms with Gasteiger partial charge in [-0.15, -0.1) is 0 Å². The third-order valence-electron chi connectivity index (χ3n) is 27.2. The fraction of sp³-hybridized carbons (Fsp3) is 0.646. The minimum absolute atomic E-state index is 0.00187. The number of methoxy groups -OCH3 is 3. The van der Waals surface area contributed by atoms with E-state index in [-0.39, 0.29) is 56.4 Å². The number of ether oxygens (including phenoxy) is 6. The lowest BCUT2D eigenvalue weighted by molar-refractivity contribution is -0.148. The zero-order valence-corrected chi connectivity index (χ0v) is 57.9. The van der Waals surface area contributed by atoms with E-state index in [2.05, 4.69) is 71.9 Å². The molecule has 15 rings (SSSR count). The quantitative estimate of drug-likeness (QED) is 0.0984. The summed E-state index contributed by atoms with van der Waals surface area (Å²) in [5, 5.41) is 11.3. The van der Waals surface area contributed by atoms with E-state index in [1.807, 2.05) is 20.8 Å². The first-order valence-electron chi connectivity index (χ1n) is 35.2. The van der Waals surface area contributed by atoms with Crippen LogP contribution in [0.4, 0.5) is 0 Å². The molecule has 15 heteroatoms. The molecule has 0 aromatic heterocycles. The van der Waals surface area contributed by atoms with Crippen LogP contribution in [0.5, 0.6) is 0 Å². The smallest absolute Gasteiger partial charge is 0.317 e. The SMILES string of the molecule is CCOC1=CC2=C[C@@H](C(=O)OC)C3=C(CCC45C(=O)CC[C@]4(C)CC=C35)C2(C)CC1.CCOCOCC.COC(=O)[C@@H]1CC2=CC(=O)CCC2(C)C2=C1C1=CC[C@@]3(C)CCC(=O)C13CC2.COC(=O)[C@H]1C2=C(CCC34C(=O)CC[C@]3(C)CC=C24)C2(C)CCC(=O)C=C2C1O. The second-order valence-electron chi connectivity index (χ2n) is 31.0. The predicted molar refractivity (Wildman–Crippen MR) is 352 cm³/mol. The van der Waals surface area contributed by atoms with Crippen LogP contribution < -0.4 is 0 Å². The first-order valence-corrected chi connectivity index (χ1v) is 35.2. The number of hydrogen-bond acceptors (Lipinski definition) is 15. The van der Waals surface area contributed by atoms with Gasteiger partial charge >= 0.3 is 17.9 Å². The van der Waals surface area contributed by atoms with Gasteiger partial charge in [0.1, 0.15) is 36.0 Å². The third kappa shape index (κ3) is 9.59. The number of aliphatic hydroxyl groups excluding tert-OH is 1. The Morgan fingerprint density at radius 1 is 0.489 bits per heavy atom. The molecule has 7 unspecified atom stereocenters. The fourth-order valence-corrected chi connectivity index (χ4v) is 21.8. The largest absolute Gasteiger partial charge is 0.498 e. The number of allylic oxidation sites excluding steroid dienone is 15. The number of carbonyl (C=O) groups is 8. The Labute approximate surface area is 555 Å². The van der Waals surface area contributed by atoms with Gasteiger partial charge in [-0.05, 0) is 203 Å². The number of carbonyl (C=O) groups excluding carboxylic acids is 8. The molecule has 15 nitrogen and oxygen atoms in total. The summed E-state index contributed by atoms with van der Waals surface area (Å²) in [5.41, 5.74) is 10.7. The van der Waals surface area contributed by atoms with Crippen molar-refractivity contribution in [2.45, 2.75) is 210 Å². The van der Waals surface area contributed by atoms with Crippen molar-refractivity contribution in [2.24, 2.45) is 66.5 Å². The van der Waals surface area contributed by atoms with Gasteiger partial charge in [-0.2, -0.15) is 0 Å². The van der Waals surface area contributed by atoms with Crippen molar-refractivity contribution < 1.29 is 71.9 Å². The molecule has 0 aromatic carbocycles. The first kappa shape index (κ1) is 67.8. The Bertz CT molecular complexity index is 3660. The highest BCUT2D eigenvalue weighted by Crippen LogP contribution is 2.74. The van der Waals surface area contributed by atoms with Crippen molar-refractivity contribution >= 4 is 46.8 Å². The molecular weight excluding hydrogens is 1190 g/mol. The molecule has 3 fully saturated rings. The predicted octanol–water partition coefficient (Wildman–Crippen LogP) is 13.7. The van der Waals surface area contributed by atoms with Crippen LogP contribution in [0.15, 0.2) is 115 Å². The van der Waals surface area contributed by atoms with E-state index in [4.69, 9.17) is 28.4 Å². The molecule has 0 heterocycles. The van der Waals surface area contributed by atoms with Crippen LogP contribution in [-0.2, 0) is 66.8 Å². The Hall–Kier alpha value is -6.16. The Morgan fingerprint density at radius 2 is 0.947 bits per heavy atom. The van der Waals surface area contributed by atoms with Crippen molar-refractivity contribution in [2.75, 3.05) is 47.9 Å². The van der Waals surface area contributed by atoms with E-state index in [9.17, 15) is 43.5 Å². The van der Waals surface area contributed by atoms with E-state index < -0.39 is 51.5 Å². The Kier molecular flexibility index (Phi) is 17.6. The van der Waals surface area contributed by atoms with Crippen molar-refractivity contribution in [3.8, 4) is 0 Å². The van der Waals surface area contributed by atoms with Gasteiger partial charge in [0, 0.05) is 68.0 Å². The lowest BCUT2D eigenvalue weighted by Gasteiger charge is -2.53. The maximum absolute atomic E-state index is 13.3. The fourth-order valence-electron chi connectivity index (χ4n) is 21.8. The second kappa shape index (κ2) is 24.4. The van der Waals surface area contributed by atoms with Gasteiger partial charge in [0.25, 0.3) is 0 Å². The van der Waals surface area contributed by atoms with E-state index in [0.717, 1.165) is 160 Å². The van der Waals surface area contributed by atoms with Crippen molar-refractivity contribution in [1.82, 2.24) is 0 Å². The minimum Gasteiger partial charge on any atom is -0.498 e. The number of fused-ring (bicyclic) bond motifs is 9. The highest BCUT2D eigenvalue weighted by Gasteiger charge is 2.69. The summed E-state index contributed by atoms with van der Waals surface area (Å²) in [5.74, 6) is -0.516. The lowest BCUT2D eigenvalue weighted by Crippen LogP contribution is -2.51. The van der Waals surface area contributed by atoms with Crippen LogP contribution in [0.3, 0.4) is 0 Å². The molecule has 506 valence electrons. The number of Topliss-reactive ketones (excluding diaryl/α,β-unsaturated/α-hetero) is 3. The van der Waals surface area contributed by atoms with Crippen molar-refractivity contribution in [1.29, 1.82) is 0 Å². The van der Waals surface area contributed by atoms with E-state index in [1.165, 1.54) is 38.0 Å². The Balaban J connectivity index is 0.000000129. The standard InChI is InChI=1S/C26H32O4.C24H28O5.C24H28O4.C5H12O2/c1-5-30-17-6-12-25(3)16(14-17)15-18(23(28)29-4)22-19(25)8-13-26-20(22)7-10-24(26,2)11-9-21(26)27;1-22-8-5-15-18-14(6-11-24(15,22)17(26)7-9-22)23(2)10-4-13(25)12-16(23)20(27)19(18)21(28)29-3;1-22-8-5-18-20-16(21(27)28-3)13-14-12-15(25)4-10-23(14,2)17(20)6-11-24(18,22)19(26)7-9-22;1-3-6-5-7-4-2/h7,14-15,18H,5-6,8-13H2,1-4H3;5,12,19-20,27H,4,6-11H2,1-3H3;5,12,16H,4,6-11,13H2,1-3H3;3-5H2,1-2H3/t18-,24+,25?,26?;19-,20?,22-,23?,24?;16-,22+,23?,24?;/m101./s1. The molecule has 0 bridgehead atoms. The molecular formula is C79H100O15. The molecule has 0 aliphatic heterocycles. The molecule has 0 amide bonds. The van der Waals surface area contributed by atoms with Crippen LogP contribution in [0, 0.1) is 66.5 Å². The molecule has 3 saturated carbocycles. The molecule has 13 atom stereocenters. The normalized spacial score (nSPS) is 38.9. The van der Waals surface area contributed by atoms with Gasteiger partial charge in [0.15, 0.2) is 11.6 Å². The summed E-state index contributed by atoms with van der Waals surface area (Å²) >= 11 is 0. The van der Waals surface area contributed by atoms with E-state index in [0.29, 0.717) is 75.5 Å². The first-order chi connectivity index (χ1) is 44.7. The zero-order chi connectivity index (χ0) is 67.5. The molecule has 0 saturated heterocycles. The van der Waals surface area contributed by atoms with Crippen LogP contribution in [-0.4, -0.2) is 106 Å². The van der Waals surface area contributed by atoms with Crippen LogP contribution in [0.1, 0.15) is 204 Å². The van der Waals surface area contributed by atoms with Gasteiger partial charge < -0.3 is 33.5 Å². The number of ketones is 5. The van der Waals surface area contributed by atoms with Crippen molar-refractivity contribution in [3.05, 3.63) is 115 Å². The molecule has 94 heavy (non-hydrogen) atoms. The molecule has 1 N–H and O–H groups in total. The average Bonchev–Trinajstić information content (AvgIpc) is 1.44. The molecule has 15 aliphatic rings. The van der Waals surface area contributed by atoms with Gasteiger partial charge in [0.2, 0.25) is 0 Å². The maximum atomic E-state index is 13.3. The third-order valence-corrected chi connectivity index (χ3v) is 27.2. The summed E-state index contributed by atoms with van der Waals surface area (Å²) in [4.78, 5) is 103. The van der Waals surface area contributed by atoms with E-state index >= 15 is 0 Å². The number of hydrogen-bond donors (Lipinski definition) is 1. The summed E-state index contributed by atoms with van der Waals surface area (Å²) in [6.45, 7) is 21.8. The topological polar surface area (TPSA) is 212 Å². The highest BCUT2D eigenvalue weighted by molar-refractivity contribution is 5.99. The second-order valence-corrected chi connectivity index (χ2v) is 31.0. The van der Waals surface area contributed by atoms with Gasteiger partial charge in [-0.1, -0.05) is 88.1 Å². The highest BCUT2D eigenvalue weighted by atomic mass is 16.7. The van der Waals surface area contributed by atoms with E-state index in [1.54, 1.807) is 12.2 Å². The monoisotopic (exact) mass is 1290 g/mol. The zero-order valence-electron chi connectivity index (χ0n) is 57.9. The van der Waals surface area contributed by atoms with Crippen molar-refractivity contribution in [3.63, 3.8) is 0 Å². The van der Waals surface area contributed by atoms with Crippen LogP contribution in [0.2, 0.25) is 0 Å². The van der Waals surface area contributed by atoms with Crippen LogP contribution >= 0.6 is 0 Å². The molecule has 3 spiro atoms. The van der Waals surface area contributed by atoms with Crippen LogP contribution in [0.25, 0.3) is 0 Å². The summed E-state index contributed by atoms with van der Waals surface area (Å²) in [6.07, 6.45) is 30.3. The summed E-state index contributed by atoms with van der Waals surface area (Å²) in [7, 11) is 4.23. The number of rotatable bonds is 9. The van der Waals surface area contributed by atoms with Gasteiger partial charge in [-0.25, -0.2) is 0 Å².